The first-order chi connectivity index (χ1) is 16.8. The molecule has 1 aromatic heterocycles. The van der Waals surface area contributed by atoms with Gasteiger partial charge in [-0.3, -0.25) is 4.90 Å². The maximum atomic E-state index is 5.20. The van der Waals surface area contributed by atoms with Crippen LogP contribution >= 0.6 is 0 Å². The quantitative estimate of drug-likeness (QED) is 0.438. The number of anilines is 1. The lowest BCUT2D eigenvalue weighted by Crippen LogP contribution is -2.47. The molecule has 180 valence electrons. The van der Waals surface area contributed by atoms with Crippen molar-refractivity contribution in [3.05, 3.63) is 77.5 Å². The van der Waals surface area contributed by atoms with Gasteiger partial charge >= 0.3 is 0 Å². The lowest BCUT2D eigenvalue weighted by atomic mass is 10.1. The Labute approximate surface area is 205 Å². The number of hydrogen-bond acceptors (Lipinski definition) is 4. The Morgan fingerprint density at radius 2 is 1.56 bits per heavy atom. The van der Waals surface area contributed by atoms with E-state index in [9.17, 15) is 0 Å². The Morgan fingerprint density at radius 1 is 0.882 bits per heavy atom. The molecule has 34 heavy (non-hydrogen) atoms. The Bertz CT molecular complexity index is 1030. The highest BCUT2D eigenvalue weighted by Gasteiger charge is 2.32. The maximum Gasteiger partial charge on any atom is 0.137 e. The second-order valence-corrected chi connectivity index (χ2v) is 9.71. The van der Waals surface area contributed by atoms with Crippen molar-refractivity contribution >= 4 is 5.82 Å². The van der Waals surface area contributed by atoms with E-state index in [1.807, 2.05) is 0 Å². The van der Waals surface area contributed by atoms with Gasteiger partial charge in [0.05, 0.1) is 11.4 Å². The Hall–Kier alpha value is -2.63. The molecule has 5 rings (SSSR count). The molecule has 2 aliphatic rings. The minimum absolute atomic E-state index is 0.721. The predicted molar refractivity (Wildman–Crippen MR) is 141 cm³/mol. The molecule has 0 radical (unpaired) electrons. The second kappa shape index (κ2) is 10.7. The molecule has 0 atom stereocenters. The molecule has 1 saturated carbocycles. The molecule has 0 bridgehead atoms. The Balaban J connectivity index is 1.46. The number of nitrogens with zero attached hydrogens (tertiary/aromatic N) is 5. The highest BCUT2D eigenvalue weighted by molar-refractivity contribution is 5.56. The largest absolute Gasteiger partial charge is 0.354 e. The fourth-order valence-corrected chi connectivity index (χ4v) is 5.23. The van der Waals surface area contributed by atoms with Crippen LogP contribution in [0.25, 0.3) is 5.69 Å². The van der Waals surface area contributed by atoms with Crippen LogP contribution < -0.4 is 4.90 Å². The van der Waals surface area contributed by atoms with E-state index in [4.69, 9.17) is 5.10 Å². The summed E-state index contributed by atoms with van der Waals surface area (Å²) >= 11 is 0. The monoisotopic (exact) mass is 457 g/mol. The molecule has 1 aliphatic carbocycles. The van der Waals surface area contributed by atoms with Crippen LogP contribution in [-0.2, 0) is 19.4 Å². The summed E-state index contributed by atoms with van der Waals surface area (Å²) in [6.45, 7) is 12.1. The van der Waals surface area contributed by atoms with Gasteiger partial charge in [0, 0.05) is 50.9 Å². The van der Waals surface area contributed by atoms with Gasteiger partial charge < -0.3 is 9.80 Å². The fourth-order valence-electron chi connectivity index (χ4n) is 5.23. The number of likely N-dealkylation sites (N-methyl/N-ethyl adjacent to an activating group) is 1. The Morgan fingerprint density at radius 3 is 2.18 bits per heavy atom. The first-order valence-corrected chi connectivity index (χ1v) is 13.2. The first-order valence-electron chi connectivity index (χ1n) is 13.2. The topological polar surface area (TPSA) is 27.5 Å². The standard InChI is InChI=1S/C29H39N5/c1-3-28-27(23-33(25-15-16-25)18-17-24-11-7-5-8-12-24)29(32-21-19-31(4-2)20-22-32)34(30-28)26-13-9-6-10-14-26/h5-14,25H,3-4,15-23H2,1-2H3. The van der Waals surface area contributed by atoms with Crippen molar-refractivity contribution in [3.63, 3.8) is 0 Å². The van der Waals surface area contributed by atoms with E-state index in [1.54, 1.807) is 0 Å². The predicted octanol–water partition coefficient (Wildman–Crippen LogP) is 4.78. The minimum atomic E-state index is 0.721. The number of rotatable bonds is 10. The van der Waals surface area contributed by atoms with E-state index in [-0.39, 0.29) is 0 Å². The first kappa shape index (κ1) is 23.1. The third kappa shape index (κ3) is 5.21. The zero-order valence-electron chi connectivity index (χ0n) is 20.9. The van der Waals surface area contributed by atoms with Gasteiger partial charge in [0.1, 0.15) is 5.82 Å². The molecule has 2 heterocycles. The molecule has 2 aromatic carbocycles. The molecular formula is C29H39N5. The van der Waals surface area contributed by atoms with Crippen molar-refractivity contribution in [1.82, 2.24) is 19.6 Å². The summed E-state index contributed by atoms with van der Waals surface area (Å²) in [6, 6.07) is 22.4. The van der Waals surface area contributed by atoms with Crippen LogP contribution in [0, 0.1) is 0 Å². The van der Waals surface area contributed by atoms with Gasteiger partial charge in [0.15, 0.2) is 0 Å². The van der Waals surface area contributed by atoms with Gasteiger partial charge in [-0.2, -0.15) is 5.10 Å². The van der Waals surface area contributed by atoms with Gasteiger partial charge in [-0.15, -0.1) is 0 Å². The molecule has 0 amide bonds. The zero-order valence-corrected chi connectivity index (χ0v) is 20.9. The number of aryl methyl sites for hydroxylation is 1. The lowest BCUT2D eigenvalue weighted by molar-refractivity contribution is 0.255. The summed E-state index contributed by atoms with van der Waals surface area (Å²) in [5, 5.41) is 5.20. The van der Waals surface area contributed by atoms with Crippen molar-refractivity contribution in [2.75, 3.05) is 44.2 Å². The number of hydrogen-bond donors (Lipinski definition) is 0. The molecule has 2 fully saturated rings. The van der Waals surface area contributed by atoms with Crippen molar-refractivity contribution < 1.29 is 0 Å². The third-order valence-electron chi connectivity index (χ3n) is 7.45. The number of aromatic nitrogens is 2. The van der Waals surface area contributed by atoms with Crippen LogP contribution in [0.1, 0.15) is 43.5 Å². The summed E-state index contributed by atoms with van der Waals surface area (Å²) in [7, 11) is 0. The number of benzene rings is 2. The van der Waals surface area contributed by atoms with E-state index in [1.165, 1.54) is 41.2 Å². The second-order valence-electron chi connectivity index (χ2n) is 9.71. The van der Waals surface area contributed by atoms with E-state index in [0.29, 0.717) is 0 Å². The molecule has 0 unspecified atom stereocenters. The highest BCUT2D eigenvalue weighted by atomic mass is 15.4. The smallest absolute Gasteiger partial charge is 0.137 e. The number of para-hydroxylation sites is 1. The molecule has 1 aliphatic heterocycles. The third-order valence-corrected chi connectivity index (χ3v) is 7.45. The molecule has 1 saturated heterocycles. The molecular weight excluding hydrogens is 418 g/mol. The van der Waals surface area contributed by atoms with Crippen molar-refractivity contribution in [1.29, 1.82) is 0 Å². The SMILES string of the molecule is CCc1nn(-c2ccccc2)c(N2CCN(CC)CC2)c1CN(CCc1ccccc1)C1CC1. The average Bonchev–Trinajstić information content (AvgIpc) is 3.68. The van der Waals surface area contributed by atoms with Crippen molar-refractivity contribution in [3.8, 4) is 5.69 Å². The van der Waals surface area contributed by atoms with E-state index >= 15 is 0 Å². The lowest BCUT2D eigenvalue weighted by Gasteiger charge is -2.36. The summed E-state index contributed by atoms with van der Waals surface area (Å²) in [5.41, 5.74) is 5.29. The van der Waals surface area contributed by atoms with Crippen LogP contribution in [0.4, 0.5) is 5.82 Å². The van der Waals surface area contributed by atoms with Gasteiger partial charge in [-0.1, -0.05) is 62.4 Å². The molecule has 0 spiro atoms. The van der Waals surface area contributed by atoms with Gasteiger partial charge in [0.25, 0.3) is 0 Å². The van der Waals surface area contributed by atoms with Crippen LogP contribution in [-0.4, -0.2) is 64.9 Å². The summed E-state index contributed by atoms with van der Waals surface area (Å²) in [6.07, 6.45) is 4.73. The van der Waals surface area contributed by atoms with Crippen molar-refractivity contribution in [2.24, 2.45) is 0 Å². The van der Waals surface area contributed by atoms with E-state index in [2.05, 4.69) is 93.9 Å². The molecule has 5 heteroatoms. The highest BCUT2D eigenvalue weighted by Crippen LogP contribution is 2.34. The summed E-state index contributed by atoms with van der Waals surface area (Å²) in [4.78, 5) is 7.88. The normalized spacial score (nSPS) is 17.0. The van der Waals surface area contributed by atoms with Crippen LogP contribution in [0.5, 0.6) is 0 Å². The van der Waals surface area contributed by atoms with Crippen molar-refractivity contribution in [2.45, 2.75) is 52.1 Å². The minimum Gasteiger partial charge on any atom is -0.354 e. The molecule has 5 nitrogen and oxygen atoms in total. The molecule has 0 N–H and O–H groups in total. The van der Waals surface area contributed by atoms with E-state index in [0.717, 1.165) is 64.7 Å². The zero-order chi connectivity index (χ0) is 23.3. The average molecular weight is 458 g/mol. The maximum absolute atomic E-state index is 5.20. The number of piperazine rings is 1. The summed E-state index contributed by atoms with van der Waals surface area (Å²) < 4.78 is 2.23. The van der Waals surface area contributed by atoms with E-state index < -0.39 is 0 Å². The van der Waals surface area contributed by atoms with Gasteiger partial charge in [-0.05, 0) is 49.9 Å². The Kier molecular flexibility index (Phi) is 7.31. The van der Waals surface area contributed by atoms with Crippen LogP contribution in [0.3, 0.4) is 0 Å². The van der Waals surface area contributed by atoms with Crippen LogP contribution in [0.2, 0.25) is 0 Å². The van der Waals surface area contributed by atoms with Crippen LogP contribution in [0.15, 0.2) is 60.7 Å². The molecule has 3 aromatic rings. The van der Waals surface area contributed by atoms with Gasteiger partial charge in [-0.25, -0.2) is 4.68 Å². The summed E-state index contributed by atoms with van der Waals surface area (Å²) in [5.74, 6) is 1.32. The van der Waals surface area contributed by atoms with Gasteiger partial charge in [0.2, 0.25) is 0 Å². The fraction of sp³-hybridized carbons (Fsp3) is 0.483.